The number of hydrogen-bond acceptors (Lipinski definition) is 2. The number of carbonyl (C=O) groups excluding carboxylic acids is 1. The van der Waals surface area contributed by atoms with Gasteiger partial charge in [-0.3, -0.25) is 0 Å². The zero-order chi connectivity index (χ0) is 13.7. The molecular formula is C16H13BrO2. The van der Waals surface area contributed by atoms with E-state index in [1.807, 2.05) is 60.7 Å². The fourth-order valence-corrected chi connectivity index (χ4v) is 2.43. The molecular weight excluding hydrogens is 304 g/mol. The van der Waals surface area contributed by atoms with Crippen LogP contribution in [0.5, 0.6) is 0 Å². The first-order valence-electron chi connectivity index (χ1n) is 5.83. The lowest BCUT2D eigenvalue weighted by molar-refractivity contribution is -0.133. The predicted molar refractivity (Wildman–Crippen MR) is 80.6 cm³/mol. The number of halogens is 1. The molecule has 2 nitrogen and oxygen atoms in total. The van der Waals surface area contributed by atoms with E-state index in [9.17, 15) is 4.79 Å². The Hall–Kier alpha value is -1.87. The number of carbonyl (C=O) groups is 1. The molecule has 0 unspecified atom stereocenters. The molecule has 2 aromatic rings. The largest absolute Gasteiger partial charge is 0.465 e. The summed E-state index contributed by atoms with van der Waals surface area (Å²) >= 11 is 3.51. The molecule has 0 saturated carbocycles. The highest BCUT2D eigenvalue weighted by Gasteiger charge is 2.17. The molecule has 2 aromatic carbocycles. The first kappa shape index (κ1) is 13.6. The number of benzene rings is 2. The van der Waals surface area contributed by atoms with Crippen LogP contribution in [-0.4, -0.2) is 13.1 Å². The predicted octanol–water partition coefficient (Wildman–Crippen LogP) is 4.12. The fourth-order valence-electron chi connectivity index (χ4n) is 1.77. The number of esters is 1. The average molecular weight is 317 g/mol. The van der Waals surface area contributed by atoms with Gasteiger partial charge in [0.1, 0.15) is 0 Å². The lowest BCUT2D eigenvalue weighted by atomic mass is 10.0. The van der Waals surface area contributed by atoms with Gasteiger partial charge in [-0.2, -0.15) is 0 Å². The maximum Gasteiger partial charge on any atom is 0.339 e. The van der Waals surface area contributed by atoms with Crippen LogP contribution in [-0.2, 0) is 9.53 Å². The maximum absolute atomic E-state index is 12.0. The van der Waals surface area contributed by atoms with E-state index in [2.05, 4.69) is 15.9 Å². The average Bonchev–Trinajstić information content (AvgIpc) is 2.49. The Morgan fingerprint density at radius 3 is 1.84 bits per heavy atom. The van der Waals surface area contributed by atoms with Crippen LogP contribution in [0.1, 0.15) is 11.1 Å². The standard InChI is InChI=1S/C16H13BrO2/c1-19-16(18)14(12-8-4-2-5-9-12)15(17)13-10-6-3-7-11-13/h2-11H,1H3/b15-14+. The Morgan fingerprint density at radius 1 is 0.895 bits per heavy atom. The first-order valence-corrected chi connectivity index (χ1v) is 6.62. The summed E-state index contributed by atoms with van der Waals surface area (Å²) in [6, 6.07) is 19.1. The molecule has 0 aromatic heterocycles. The van der Waals surface area contributed by atoms with E-state index in [0.717, 1.165) is 15.6 Å². The summed E-state index contributed by atoms with van der Waals surface area (Å²) in [7, 11) is 1.39. The van der Waals surface area contributed by atoms with E-state index in [-0.39, 0.29) is 5.97 Å². The smallest absolute Gasteiger partial charge is 0.339 e. The van der Waals surface area contributed by atoms with Crippen molar-refractivity contribution in [3.8, 4) is 0 Å². The van der Waals surface area contributed by atoms with Crippen molar-refractivity contribution in [2.75, 3.05) is 7.11 Å². The summed E-state index contributed by atoms with van der Waals surface area (Å²) < 4.78 is 5.61. The summed E-state index contributed by atoms with van der Waals surface area (Å²) in [5.41, 5.74) is 2.28. The zero-order valence-electron chi connectivity index (χ0n) is 10.5. The third kappa shape index (κ3) is 3.12. The van der Waals surface area contributed by atoms with Gasteiger partial charge in [-0.25, -0.2) is 4.79 Å². The number of hydrogen-bond donors (Lipinski definition) is 0. The van der Waals surface area contributed by atoms with Gasteiger partial charge in [0.15, 0.2) is 0 Å². The van der Waals surface area contributed by atoms with Crippen molar-refractivity contribution >= 4 is 32.0 Å². The van der Waals surface area contributed by atoms with Crippen molar-refractivity contribution < 1.29 is 9.53 Å². The minimum atomic E-state index is -0.359. The molecule has 3 heteroatoms. The van der Waals surface area contributed by atoms with Gasteiger partial charge in [0.2, 0.25) is 0 Å². The van der Waals surface area contributed by atoms with Gasteiger partial charge in [-0.1, -0.05) is 60.7 Å². The van der Waals surface area contributed by atoms with E-state index in [1.165, 1.54) is 7.11 Å². The van der Waals surface area contributed by atoms with E-state index in [4.69, 9.17) is 4.74 Å². The van der Waals surface area contributed by atoms with Gasteiger partial charge in [0.25, 0.3) is 0 Å². The minimum Gasteiger partial charge on any atom is -0.465 e. The first-order chi connectivity index (χ1) is 9.24. The second-order valence-electron chi connectivity index (χ2n) is 3.91. The molecule has 0 aliphatic rings. The van der Waals surface area contributed by atoms with Crippen LogP contribution in [0.3, 0.4) is 0 Å². The normalized spacial score (nSPS) is 11.7. The maximum atomic E-state index is 12.0. The third-order valence-corrected chi connectivity index (χ3v) is 3.55. The van der Waals surface area contributed by atoms with Gasteiger partial charge in [0, 0.05) is 4.48 Å². The number of ether oxygens (including phenoxy) is 1. The van der Waals surface area contributed by atoms with Crippen LogP contribution in [0.25, 0.3) is 10.1 Å². The van der Waals surface area contributed by atoms with Gasteiger partial charge in [-0.15, -0.1) is 0 Å². The van der Waals surface area contributed by atoms with Gasteiger partial charge in [-0.05, 0) is 27.1 Å². The van der Waals surface area contributed by atoms with Crippen LogP contribution >= 0.6 is 15.9 Å². The summed E-state index contributed by atoms with van der Waals surface area (Å²) in [6.45, 7) is 0. The quantitative estimate of drug-likeness (QED) is 0.483. The van der Waals surface area contributed by atoms with Crippen LogP contribution in [0.15, 0.2) is 60.7 Å². The van der Waals surface area contributed by atoms with E-state index in [1.54, 1.807) is 0 Å². The number of methoxy groups -OCH3 is 1. The van der Waals surface area contributed by atoms with Crippen molar-refractivity contribution in [1.82, 2.24) is 0 Å². The molecule has 0 heterocycles. The van der Waals surface area contributed by atoms with Gasteiger partial charge < -0.3 is 4.74 Å². The SMILES string of the molecule is COC(=O)/C(=C(/Br)c1ccccc1)c1ccccc1. The molecule has 19 heavy (non-hydrogen) atoms. The Labute approximate surface area is 120 Å². The monoisotopic (exact) mass is 316 g/mol. The van der Waals surface area contributed by atoms with Gasteiger partial charge >= 0.3 is 5.97 Å². The minimum absolute atomic E-state index is 0.359. The van der Waals surface area contributed by atoms with E-state index < -0.39 is 0 Å². The van der Waals surface area contributed by atoms with Crippen molar-refractivity contribution in [1.29, 1.82) is 0 Å². The van der Waals surface area contributed by atoms with Crippen LogP contribution < -0.4 is 0 Å². The zero-order valence-corrected chi connectivity index (χ0v) is 12.1. The van der Waals surface area contributed by atoms with Crippen molar-refractivity contribution in [3.63, 3.8) is 0 Å². The highest BCUT2D eigenvalue weighted by molar-refractivity contribution is 9.15. The van der Waals surface area contributed by atoms with Crippen molar-refractivity contribution in [3.05, 3.63) is 71.8 Å². The molecule has 0 atom stereocenters. The van der Waals surface area contributed by atoms with E-state index in [0.29, 0.717) is 5.57 Å². The molecule has 0 bridgehead atoms. The Morgan fingerprint density at radius 2 is 1.37 bits per heavy atom. The molecule has 0 aliphatic heterocycles. The molecule has 0 fully saturated rings. The lowest BCUT2D eigenvalue weighted by Gasteiger charge is -2.09. The highest BCUT2D eigenvalue weighted by Crippen LogP contribution is 2.31. The second kappa shape index (κ2) is 6.34. The molecule has 0 amide bonds. The molecule has 0 N–H and O–H groups in total. The lowest BCUT2D eigenvalue weighted by Crippen LogP contribution is -2.05. The Kier molecular flexibility index (Phi) is 4.53. The third-order valence-electron chi connectivity index (χ3n) is 2.70. The summed E-state index contributed by atoms with van der Waals surface area (Å²) in [5, 5.41) is 0. The van der Waals surface area contributed by atoms with E-state index >= 15 is 0 Å². The molecule has 0 radical (unpaired) electrons. The molecule has 96 valence electrons. The molecule has 0 saturated heterocycles. The second-order valence-corrected chi connectivity index (χ2v) is 4.71. The molecule has 0 spiro atoms. The highest BCUT2D eigenvalue weighted by atomic mass is 79.9. The Bertz CT molecular complexity index is 589. The summed E-state index contributed by atoms with van der Waals surface area (Å²) in [5.74, 6) is -0.359. The summed E-state index contributed by atoms with van der Waals surface area (Å²) in [6.07, 6.45) is 0. The van der Waals surface area contributed by atoms with Crippen LogP contribution in [0.2, 0.25) is 0 Å². The molecule has 0 aliphatic carbocycles. The van der Waals surface area contributed by atoms with Crippen LogP contribution in [0, 0.1) is 0 Å². The topological polar surface area (TPSA) is 26.3 Å². The van der Waals surface area contributed by atoms with Crippen molar-refractivity contribution in [2.24, 2.45) is 0 Å². The van der Waals surface area contributed by atoms with Gasteiger partial charge in [0.05, 0.1) is 12.7 Å². The van der Waals surface area contributed by atoms with Crippen LogP contribution in [0.4, 0.5) is 0 Å². The fraction of sp³-hybridized carbons (Fsp3) is 0.0625. The number of rotatable bonds is 3. The Balaban J connectivity index is 2.58. The summed E-state index contributed by atoms with van der Waals surface area (Å²) in [4.78, 5) is 12.0. The van der Waals surface area contributed by atoms with Crippen molar-refractivity contribution in [2.45, 2.75) is 0 Å². The molecule has 2 rings (SSSR count).